The van der Waals surface area contributed by atoms with Gasteiger partial charge in [-0.1, -0.05) is 18.2 Å². The van der Waals surface area contributed by atoms with E-state index < -0.39 is 9.85 Å². The summed E-state index contributed by atoms with van der Waals surface area (Å²) < 4.78 is 8.72. The summed E-state index contributed by atoms with van der Waals surface area (Å²) >= 11 is 0. The largest absolute Gasteiger partial charge is 0.457 e. The number of nitro groups is 2. The van der Waals surface area contributed by atoms with Crippen LogP contribution in [0.1, 0.15) is 22.8 Å². The lowest BCUT2D eigenvalue weighted by Crippen LogP contribution is -2.08. The third-order valence-electron chi connectivity index (χ3n) is 5.73. The summed E-state index contributed by atoms with van der Waals surface area (Å²) in [6.45, 7) is 3.14. The highest BCUT2D eigenvalue weighted by molar-refractivity contribution is 5.68. The van der Waals surface area contributed by atoms with Crippen molar-refractivity contribution in [3.8, 4) is 11.5 Å². The van der Waals surface area contributed by atoms with Crippen molar-refractivity contribution < 1.29 is 14.6 Å². The van der Waals surface area contributed by atoms with Gasteiger partial charge < -0.3 is 9.64 Å². The lowest BCUT2D eigenvalue weighted by molar-refractivity contribution is -0.385. The standard InChI is InChI=1S/C26H25N7O5/c1-18-25(32(34)35)23(29(3)27-18)14-16-31(17-15-24-26(33(36)37)19(2)28-30(24)4)20-10-12-22(13-11-20)38-21-8-6-5-7-9-21/h5-17H,1-4H3/b16-14+,17-15+. The molecule has 12 nitrogen and oxygen atoms in total. The second kappa shape index (κ2) is 10.8. The summed E-state index contributed by atoms with van der Waals surface area (Å²) in [7, 11) is 3.24. The summed E-state index contributed by atoms with van der Waals surface area (Å²) in [5, 5.41) is 31.5. The van der Waals surface area contributed by atoms with Gasteiger partial charge in [0, 0.05) is 32.2 Å². The maximum atomic E-state index is 11.6. The Labute approximate surface area is 218 Å². The highest BCUT2D eigenvalue weighted by Crippen LogP contribution is 2.28. The van der Waals surface area contributed by atoms with E-state index in [1.54, 1.807) is 81.7 Å². The zero-order chi connectivity index (χ0) is 27.4. The minimum absolute atomic E-state index is 0.0998. The molecule has 0 radical (unpaired) electrons. The third-order valence-corrected chi connectivity index (χ3v) is 5.73. The van der Waals surface area contributed by atoms with Crippen LogP contribution < -0.4 is 9.64 Å². The summed E-state index contributed by atoms with van der Waals surface area (Å²) in [6.07, 6.45) is 6.39. The van der Waals surface area contributed by atoms with Gasteiger partial charge in [-0.15, -0.1) is 0 Å². The Morgan fingerprint density at radius 2 is 1.21 bits per heavy atom. The van der Waals surface area contributed by atoms with Gasteiger partial charge in [0.25, 0.3) is 0 Å². The van der Waals surface area contributed by atoms with Crippen molar-refractivity contribution in [2.24, 2.45) is 14.1 Å². The normalized spacial score (nSPS) is 11.4. The zero-order valence-electron chi connectivity index (χ0n) is 21.2. The number of para-hydroxylation sites is 1. The molecule has 2 aromatic carbocycles. The topological polar surface area (TPSA) is 134 Å². The lowest BCUT2D eigenvalue weighted by atomic mass is 10.2. The third kappa shape index (κ3) is 5.43. The molecule has 0 aliphatic carbocycles. The van der Waals surface area contributed by atoms with Crippen LogP contribution in [-0.2, 0) is 14.1 Å². The lowest BCUT2D eigenvalue weighted by Gasteiger charge is -2.16. The molecule has 4 rings (SSSR count). The van der Waals surface area contributed by atoms with E-state index in [4.69, 9.17) is 4.74 Å². The number of ether oxygens (including phenoxy) is 1. The molecule has 2 heterocycles. The highest BCUT2D eigenvalue weighted by atomic mass is 16.6. The van der Waals surface area contributed by atoms with E-state index in [-0.39, 0.29) is 11.4 Å². The Kier molecular flexibility index (Phi) is 7.33. The monoisotopic (exact) mass is 515 g/mol. The van der Waals surface area contributed by atoms with Crippen LogP contribution in [0.4, 0.5) is 17.1 Å². The van der Waals surface area contributed by atoms with E-state index in [0.717, 1.165) is 0 Å². The van der Waals surface area contributed by atoms with Gasteiger partial charge in [0.2, 0.25) is 0 Å². The first kappa shape index (κ1) is 25.8. The van der Waals surface area contributed by atoms with Crippen molar-refractivity contribution in [2.45, 2.75) is 13.8 Å². The molecule has 0 amide bonds. The molecule has 4 aromatic rings. The SMILES string of the molecule is Cc1nn(C)c(/C=C/N(/C=C/c2c([N+](=O)[O-])c(C)nn2C)c2ccc(Oc3ccccc3)cc2)c1[N+](=O)[O-]. The number of anilines is 1. The molecule has 0 aliphatic rings. The highest BCUT2D eigenvalue weighted by Gasteiger charge is 2.23. The number of nitrogens with zero attached hydrogens (tertiary/aromatic N) is 7. The molecule has 0 saturated carbocycles. The molecular formula is C26H25N7O5. The first-order valence-electron chi connectivity index (χ1n) is 11.5. The molecule has 12 heteroatoms. The number of aromatic nitrogens is 4. The van der Waals surface area contributed by atoms with E-state index in [2.05, 4.69) is 10.2 Å². The summed E-state index contributed by atoms with van der Waals surface area (Å²) in [4.78, 5) is 24.0. The molecule has 0 bridgehead atoms. The van der Waals surface area contributed by atoms with Gasteiger partial charge in [-0.3, -0.25) is 29.6 Å². The zero-order valence-corrected chi connectivity index (χ0v) is 21.2. The average molecular weight is 516 g/mol. The van der Waals surface area contributed by atoms with Gasteiger partial charge in [-0.25, -0.2) is 0 Å². The Morgan fingerprint density at radius 3 is 1.66 bits per heavy atom. The number of hydrogen-bond donors (Lipinski definition) is 0. The van der Waals surface area contributed by atoms with Gasteiger partial charge >= 0.3 is 11.4 Å². The molecule has 2 aromatic heterocycles. The predicted molar refractivity (Wildman–Crippen MR) is 143 cm³/mol. The molecule has 38 heavy (non-hydrogen) atoms. The maximum Gasteiger partial charge on any atom is 0.317 e. The Morgan fingerprint density at radius 1 is 0.763 bits per heavy atom. The van der Waals surface area contributed by atoms with Crippen molar-refractivity contribution in [1.82, 2.24) is 19.6 Å². The van der Waals surface area contributed by atoms with E-state index in [1.165, 1.54) is 9.36 Å². The van der Waals surface area contributed by atoms with E-state index in [9.17, 15) is 20.2 Å². The molecule has 0 spiro atoms. The number of benzene rings is 2. The van der Waals surface area contributed by atoms with Gasteiger partial charge in [0.1, 0.15) is 34.3 Å². The number of rotatable bonds is 9. The second-order valence-corrected chi connectivity index (χ2v) is 8.35. The minimum Gasteiger partial charge on any atom is -0.457 e. The van der Waals surface area contributed by atoms with Crippen molar-refractivity contribution in [3.05, 3.63) is 110 Å². The Balaban J connectivity index is 1.72. The Bertz CT molecular complexity index is 1460. The van der Waals surface area contributed by atoms with Gasteiger partial charge in [-0.2, -0.15) is 10.2 Å². The molecule has 0 saturated heterocycles. The summed E-state index contributed by atoms with van der Waals surface area (Å²) in [5.41, 5.74) is 1.68. The Hall–Kier alpha value is -5.26. The van der Waals surface area contributed by atoms with Gasteiger partial charge in [0.15, 0.2) is 0 Å². The predicted octanol–water partition coefficient (Wildman–Crippen LogP) is 5.53. The molecule has 0 N–H and O–H groups in total. The van der Waals surface area contributed by atoms with Gasteiger partial charge in [-0.05, 0) is 62.4 Å². The fourth-order valence-electron chi connectivity index (χ4n) is 3.99. The first-order valence-corrected chi connectivity index (χ1v) is 11.5. The second-order valence-electron chi connectivity index (χ2n) is 8.35. The summed E-state index contributed by atoms with van der Waals surface area (Å²) in [5.74, 6) is 1.30. The van der Waals surface area contributed by atoms with E-state index in [1.807, 2.05) is 30.3 Å². The molecule has 0 unspecified atom stereocenters. The van der Waals surface area contributed by atoms with Crippen LogP contribution in [0.15, 0.2) is 67.0 Å². The van der Waals surface area contributed by atoms with Crippen LogP contribution in [-0.4, -0.2) is 29.4 Å². The maximum absolute atomic E-state index is 11.6. The van der Waals surface area contributed by atoms with E-state index in [0.29, 0.717) is 40.0 Å². The van der Waals surface area contributed by atoms with Crippen LogP contribution >= 0.6 is 0 Å². The molecular weight excluding hydrogens is 490 g/mol. The smallest absolute Gasteiger partial charge is 0.317 e. The van der Waals surface area contributed by atoms with Crippen LogP contribution in [0.3, 0.4) is 0 Å². The summed E-state index contributed by atoms with van der Waals surface area (Å²) in [6, 6.07) is 16.5. The number of hydrogen-bond acceptors (Lipinski definition) is 8. The van der Waals surface area contributed by atoms with Crippen molar-refractivity contribution >= 4 is 29.2 Å². The van der Waals surface area contributed by atoms with Crippen LogP contribution in [0.2, 0.25) is 0 Å². The van der Waals surface area contributed by atoms with Crippen molar-refractivity contribution in [3.63, 3.8) is 0 Å². The fraction of sp³-hybridized carbons (Fsp3) is 0.154. The quantitative estimate of drug-likeness (QED) is 0.210. The molecule has 0 fully saturated rings. The minimum atomic E-state index is -0.473. The van der Waals surface area contributed by atoms with Crippen LogP contribution in [0.25, 0.3) is 12.2 Å². The average Bonchev–Trinajstić information content (AvgIpc) is 3.33. The van der Waals surface area contributed by atoms with Crippen LogP contribution in [0, 0.1) is 34.1 Å². The fourth-order valence-corrected chi connectivity index (χ4v) is 3.99. The van der Waals surface area contributed by atoms with Crippen LogP contribution in [0.5, 0.6) is 11.5 Å². The van der Waals surface area contributed by atoms with Crippen molar-refractivity contribution in [1.29, 1.82) is 0 Å². The van der Waals surface area contributed by atoms with Crippen molar-refractivity contribution in [2.75, 3.05) is 4.90 Å². The molecule has 194 valence electrons. The first-order chi connectivity index (χ1) is 18.2. The molecule has 0 atom stereocenters. The number of aryl methyl sites for hydroxylation is 4. The van der Waals surface area contributed by atoms with Gasteiger partial charge in [0.05, 0.1) is 9.85 Å². The molecule has 0 aliphatic heterocycles. The van der Waals surface area contributed by atoms with E-state index >= 15 is 0 Å².